The lowest BCUT2D eigenvalue weighted by Crippen LogP contribution is -2.36. The maximum atomic E-state index is 6.15. The van der Waals surface area contributed by atoms with E-state index in [1.165, 1.54) is 62.0 Å². The summed E-state index contributed by atoms with van der Waals surface area (Å²) in [6.07, 6.45) is 6.39. The minimum Gasteiger partial charge on any atom is -0.374 e. The van der Waals surface area contributed by atoms with Gasteiger partial charge in [0, 0.05) is 37.9 Å². The molecule has 3 rings (SSSR count). The topological polar surface area (TPSA) is 32.5 Å². The van der Waals surface area contributed by atoms with Gasteiger partial charge in [-0.2, -0.15) is 0 Å². The Morgan fingerprint density at radius 2 is 2.19 bits per heavy atom. The maximum absolute atomic E-state index is 6.15. The number of rotatable bonds is 6. The van der Waals surface area contributed by atoms with Crippen molar-refractivity contribution in [2.24, 2.45) is 5.73 Å². The minimum absolute atomic E-state index is 0.398. The van der Waals surface area contributed by atoms with Gasteiger partial charge < -0.3 is 10.6 Å². The van der Waals surface area contributed by atoms with Crippen LogP contribution in [0.25, 0.3) is 0 Å². The molecule has 21 heavy (non-hydrogen) atoms. The monoisotopic (exact) mass is 287 g/mol. The van der Waals surface area contributed by atoms with Crippen LogP contribution in [0.4, 0.5) is 5.69 Å². The molecule has 3 nitrogen and oxygen atoms in total. The zero-order chi connectivity index (χ0) is 14.8. The Kier molecular flexibility index (Phi) is 4.51. The quantitative estimate of drug-likeness (QED) is 0.873. The lowest BCUT2D eigenvalue weighted by molar-refractivity contribution is 0.191. The summed E-state index contributed by atoms with van der Waals surface area (Å²) in [5.41, 5.74) is 10.5. The normalized spacial score (nSPS) is 19.7. The lowest BCUT2D eigenvalue weighted by Gasteiger charge is -2.33. The Morgan fingerprint density at radius 3 is 2.86 bits per heavy atom. The van der Waals surface area contributed by atoms with E-state index in [-0.39, 0.29) is 0 Å². The molecule has 0 saturated heterocycles. The molecule has 0 bridgehead atoms. The first kappa shape index (κ1) is 14.9. The summed E-state index contributed by atoms with van der Waals surface area (Å²) in [5.74, 6) is 0. The van der Waals surface area contributed by atoms with Gasteiger partial charge in [-0.25, -0.2) is 0 Å². The van der Waals surface area contributed by atoms with E-state index in [9.17, 15) is 0 Å². The van der Waals surface area contributed by atoms with Gasteiger partial charge in [-0.1, -0.05) is 19.1 Å². The summed E-state index contributed by atoms with van der Waals surface area (Å²) in [4.78, 5) is 5.03. The molecule has 0 spiro atoms. The standard InChI is InChI=1S/C18H29N3/c1-3-10-21(16-7-8-16)18(13-19)15-6-9-17-14(12-15)5-4-11-20(17)2/h6,9,12,16,18H,3-5,7-8,10-11,13,19H2,1-2H3. The Bertz CT molecular complexity index is 481. The fourth-order valence-corrected chi connectivity index (χ4v) is 3.73. The van der Waals surface area contributed by atoms with Crippen LogP contribution in [-0.2, 0) is 6.42 Å². The maximum Gasteiger partial charge on any atom is 0.0473 e. The molecule has 1 aliphatic heterocycles. The van der Waals surface area contributed by atoms with Crippen molar-refractivity contribution in [1.82, 2.24) is 4.90 Å². The number of benzene rings is 1. The number of aryl methyl sites for hydroxylation is 1. The third kappa shape index (κ3) is 3.09. The third-order valence-corrected chi connectivity index (χ3v) is 4.96. The van der Waals surface area contributed by atoms with Gasteiger partial charge in [-0.3, -0.25) is 4.90 Å². The van der Waals surface area contributed by atoms with E-state index in [1.54, 1.807) is 0 Å². The number of anilines is 1. The van der Waals surface area contributed by atoms with E-state index >= 15 is 0 Å². The summed E-state index contributed by atoms with van der Waals surface area (Å²) in [6, 6.07) is 8.22. The lowest BCUT2D eigenvalue weighted by atomic mass is 9.95. The molecular weight excluding hydrogens is 258 g/mol. The molecule has 1 aromatic carbocycles. The number of hydrogen-bond acceptors (Lipinski definition) is 3. The van der Waals surface area contributed by atoms with Gasteiger partial charge in [0.05, 0.1) is 0 Å². The van der Waals surface area contributed by atoms with E-state index in [1.807, 2.05) is 0 Å². The van der Waals surface area contributed by atoms with Crippen molar-refractivity contribution < 1.29 is 0 Å². The average molecular weight is 287 g/mol. The highest BCUT2D eigenvalue weighted by Gasteiger charge is 2.33. The molecule has 0 amide bonds. The molecular formula is C18H29N3. The number of nitrogens with two attached hydrogens (primary N) is 1. The second kappa shape index (κ2) is 6.37. The van der Waals surface area contributed by atoms with E-state index in [2.05, 4.69) is 42.0 Å². The molecule has 2 aliphatic rings. The van der Waals surface area contributed by atoms with Crippen molar-refractivity contribution in [3.8, 4) is 0 Å². The molecule has 1 aliphatic carbocycles. The zero-order valence-electron chi connectivity index (χ0n) is 13.5. The predicted molar refractivity (Wildman–Crippen MR) is 89.8 cm³/mol. The molecule has 1 fully saturated rings. The van der Waals surface area contributed by atoms with Crippen molar-refractivity contribution in [2.75, 3.05) is 31.6 Å². The van der Waals surface area contributed by atoms with Gasteiger partial charge in [0.15, 0.2) is 0 Å². The molecule has 1 atom stereocenters. The van der Waals surface area contributed by atoms with E-state index in [4.69, 9.17) is 5.73 Å². The largest absolute Gasteiger partial charge is 0.374 e. The van der Waals surface area contributed by atoms with Crippen molar-refractivity contribution >= 4 is 5.69 Å². The van der Waals surface area contributed by atoms with Crippen LogP contribution in [0.15, 0.2) is 18.2 Å². The van der Waals surface area contributed by atoms with E-state index in [0.717, 1.165) is 12.6 Å². The van der Waals surface area contributed by atoms with Crippen LogP contribution < -0.4 is 10.6 Å². The van der Waals surface area contributed by atoms with Gasteiger partial charge in [-0.05, 0) is 55.8 Å². The second-order valence-corrected chi connectivity index (χ2v) is 6.63. The zero-order valence-corrected chi connectivity index (χ0v) is 13.5. The second-order valence-electron chi connectivity index (χ2n) is 6.63. The molecule has 1 saturated carbocycles. The van der Waals surface area contributed by atoms with Crippen LogP contribution in [-0.4, -0.2) is 37.6 Å². The minimum atomic E-state index is 0.398. The van der Waals surface area contributed by atoms with Crippen molar-refractivity contribution in [3.63, 3.8) is 0 Å². The van der Waals surface area contributed by atoms with Crippen LogP contribution in [0.5, 0.6) is 0 Å². The summed E-state index contributed by atoms with van der Waals surface area (Å²) in [7, 11) is 2.20. The Hall–Kier alpha value is -1.06. The molecule has 2 N–H and O–H groups in total. The molecule has 0 aromatic heterocycles. The number of nitrogens with zero attached hydrogens (tertiary/aromatic N) is 2. The van der Waals surface area contributed by atoms with Gasteiger partial charge in [-0.15, -0.1) is 0 Å². The Balaban J connectivity index is 1.86. The SMILES string of the molecule is CCCN(C1CC1)C(CN)c1ccc2c(c1)CCCN2C. The van der Waals surface area contributed by atoms with Crippen LogP contribution >= 0.6 is 0 Å². The van der Waals surface area contributed by atoms with Crippen LogP contribution in [0.3, 0.4) is 0 Å². The van der Waals surface area contributed by atoms with Crippen LogP contribution in [0.2, 0.25) is 0 Å². The Morgan fingerprint density at radius 1 is 1.38 bits per heavy atom. The number of fused-ring (bicyclic) bond motifs is 1. The fraction of sp³-hybridized carbons (Fsp3) is 0.667. The van der Waals surface area contributed by atoms with Gasteiger partial charge in [0.2, 0.25) is 0 Å². The van der Waals surface area contributed by atoms with Gasteiger partial charge in [0.1, 0.15) is 0 Å². The summed E-state index contributed by atoms with van der Waals surface area (Å²) in [6.45, 7) is 5.34. The first-order valence-electron chi connectivity index (χ1n) is 8.54. The first-order valence-corrected chi connectivity index (χ1v) is 8.54. The van der Waals surface area contributed by atoms with E-state index < -0.39 is 0 Å². The molecule has 0 radical (unpaired) electrons. The smallest absolute Gasteiger partial charge is 0.0473 e. The average Bonchev–Trinajstić information content (AvgIpc) is 3.32. The fourth-order valence-electron chi connectivity index (χ4n) is 3.73. The molecule has 1 unspecified atom stereocenters. The van der Waals surface area contributed by atoms with Crippen molar-refractivity contribution in [1.29, 1.82) is 0 Å². The predicted octanol–water partition coefficient (Wildman–Crippen LogP) is 2.94. The molecule has 116 valence electrons. The highest BCUT2D eigenvalue weighted by Crippen LogP contribution is 2.36. The summed E-state index contributed by atoms with van der Waals surface area (Å²) in [5, 5.41) is 0. The van der Waals surface area contributed by atoms with E-state index in [0.29, 0.717) is 6.04 Å². The molecule has 1 heterocycles. The molecule has 1 aromatic rings. The van der Waals surface area contributed by atoms with Crippen molar-refractivity contribution in [2.45, 2.75) is 51.1 Å². The Labute approximate surface area is 129 Å². The summed E-state index contributed by atoms with van der Waals surface area (Å²) < 4.78 is 0. The highest BCUT2D eigenvalue weighted by molar-refractivity contribution is 5.56. The van der Waals surface area contributed by atoms with Gasteiger partial charge >= 0.3 is 0 Å². The van der Waals surface area contributed by atoms with Crippen LogP contribution in [0.1, 0.15) is 49.8 Å². The first-order chi connectivity index (χ1) is 10.2. The molecule has 3 heteroatoms. The summed E-state index contributed by atoms with van der Waals surface area (Å²) >= 11 is 0. The third-order valence-electron chi connectivity index (χ3n) is 4.96. The highest BCUT2D eigenvalue weighted by atomic mass is 15.2. The van der Waals surface area contributed by atoms with Crippen LogP contribution in [0, 0.1) is 0 Å². The number of hydrogen-bond donors (Lipinski definition) is 1. The van der Waals surface area contributed by atoms with Crippen molar-refractivity contribution in [3.05, 3.63) is 29.3 Å². The van der Waals surface area contributed by atoms with Gasteiger partial charge in [0.25, 0.3) is 0 Å².